The molecule has 4 heteroatoms. The molecule has 2 rings (SSSR count). The molecule has 0 saturated carbocycles. The lowest BCUT2D eigenvalue weighted by Crippen LogP contribution is -2.05. The highest BCUT2D eigenvalue weighted by atomic mass is 79.9. The molecule has 1 N–H and O–H groups in total. The van der Waals surface area contributed by atoms with E-state index in [-0.39, 0.29) is 0 Å². The molecule has 0 spiro atoms. The van der Waals surface area contributed by atoms with Crippen LogP contribution in [0.5, 0.6) is 0 Å². The summed E-state index contributed by atoms with van der Waals surface area (Å²) in [6.07, 6.45) is 1.69. The van der Waals surface area contributed by atoms with Gasteiger partial charge in [0.1, 0.15) is 0 Å². The number of anilines is 1. The summed E-state index contributed by atoms with van der Waals surface area (Å²) in [6.45, 7) is 7.14. The van der Waals surface area contributed by atoms with Crippen LogP contribution in [0.1, 0.15) is 22.3 Å². The zero-order valence-electron chi connectivity index (χ0n) is 11.2. The van der Waals surface area contributed by atoms with Gasteiger partial charge in [0.2, 0.25) is 0 Å². The number of benzene rings is 1. The van der Waals surface area contributed by atoms with Crippen molar-refractivity contribution in [3.63, 3.8) is 0 Å². The molecule has 0 bridgehead atoms. The number of aryl methyl sites for hydroxylation is 3. The second kappa shape index (κ2) is 5.93. The topological polar surface area (TPSA) is 24.9 Å². The molecule has 19 heavy (non-hydrogen) atoms. The Hall–Kier alpha value is -1.06. The van der Waals surface area contributed by atoms with Crippen molar-refractivity contribution >= 4 is 33.2 Å². The maximum atomic E-state index is 6.07. The number of hydrogen-bond acceptors (Lipinski definition) is 2. The largest absolute Gasteiger partial charge is 0.378 e. The van der Waals surface area contributed by atoms with Crippen LogP contribution in [0.2, 0.25) is 5.15 Å². The summed E-state index contributed by atoms with van der Waals surface area (Å²) in [6, 6.07) is 6.34. The van der Waals surface area contributed by atoms with E-state index in [4.69, 9.17) is 11.6 Å². The van der Waals surface area contributed by atoms with Crippen LogP contribution in [0.4, 0.5) is 5.69 Å². The summed E-state index contributed by atoms with van der Waals surface area (Å²) in [7, 11) is 0. The third-order valence-corrected chi connectivity index (χ3v) is 3.84. The van der Waals surface area contributed by atoms with Crippen LogP contribution in [0.25, 0.3) is 0 Å². The van der Waals surface area contributed by atoms with E-state index in [2.05, 4.69) is 59.1 Å². The van der Waals surface area contributed by atoms with Gasteiger partial charge in [0.05, 0.1) is 5.69 Å². The monoisotopic (exact) mass is 338 g/mol. The molecule has 0 atom stereocenters. The van der Waals surface area contributed by atoms with Crippen molar-refractivity contribution in [3.05, 3.63) is 56.3 Å². The predicted molar refractivity (Wildman–Crippen MR) is 84.9 cm³/mol. The highest BCUT2D eigenvalue weighted by Crippen LogP contribution is 2.24. The Morgan fingerprint density at radius 1 is 1.16 bits per heavy atom. The maximum Gasteiger partial charge on any atom is 0.152 e. The lowest BCUT2D eigenvalue weighted by molar-refractivity contribution is 1.08. The predicted octanol–water partition coefficient (Wildman–Crippen LogP) is 5.03. The van der Waals surface area contributed by atoms with Gasteiger partial charge in [-0.2, -0.15) is 0 Å². The quantitative estimate of drug-likeness (QED) is 0.793. The van der Waals surface area contributed by atoms with Gasteiger partial charge in [0.25, 0.3) is 0 Å². The lowest BCUT2D eigenvalue weighted by atomic mass is 10.00. The molecular weight excluding hydrogens is 324 g/mol. The Kier molecular flexibility index (Phi) is 4.48. The van der Waals surface area contributed by atoms with E-state index in [1.165, 1.54) is 22.3 Å². The van der Waals surface area contributed by atoms with Crippen LogP contribution >= 0.6 is 27.5 Å². The number of hydrogen-bond donors (Lipinski definition) is 1. The van der Waals surface area contributed by atoms with Gasteiger partial charge < -0.3 is 5.32 Å². The van der Waals surface area contributed by atoms with Crippen molar-refractivity contribution in [2.45, 2.75) is 27.3 Å². The maximum absolute atomic E-state index is 6.07. The van der Waals surface area contributed by atoms with Crippen LogP contribution in [0, 0.1) is 20.8 Å². The van der Waals surface area contributed by atoms with Gasteiger partial charge in [-0.25, -0.2) is 4.98 Å². The van der Waals surface area contributed by atoms with Gasteiger partial charge in [-0.3, -0.25) is 0 Å². The van der Waals surface area contributed by atoms with E-state index >= 15 is 0 Å². The number of pyridine rings is 1. The number of nitrogens with zero attached hydrogens (tertiary/aromatic N) is 1. The minimum Gasteiger partial charge on any atom is -0.378 e. The van der Waals surface area contributed by atoms with Crippen LogP contribution in [0.3, 0.4) is 0 Å². The Labute approximate surface area is 127 Å². The summed E-state index contributed by atoms with van der Waals surface area (Å²) < 4.78 is 0.914. The van der Waals surface area contributed by atoms with Gasteiger partial charge in [-0.1, -0.05) is 29.3 Å². The molecule has 100 valence electrons. The van der Waals surface area contributed by atoms with E-state index in [1.807, 2.05) is 6.07 Å². The molecule has 2 nitrogen and oxygen atoms in total. The second-order valence-electron chi connectivity index (χ2n) is 4.72. The first-order valence-electron chi connectivity index (χ1n) is 6.09. The highest BCUT2D eigenvalue weighted by Gasteiger charge is 2.06. The first-order chi connectivity index (χ1) is 8.97. The van der Waals surface area contributed by atoms with E-state index in [9.17, 15) is 0 Å². The first-order valence-corrected chi connectivity index (χ1v) is 7.26. The zero-order chi connectivity index (χ0) is 14.0. The Bertz CT molecular complexity index is 588. The van der Waals surface area contributed by atoms with E-state index < -0.39 is 0 Å². The van der Waals surface area contributed by atoms with Crippen molar-refractivity contribution in [2.24, 2.45) is 0 Å². The fraction of sp³-hybridized carbons (Fsp3) is 0.267. The molecule has 0 radical (unpaired) electrons. The molecule has 0 aliphatic carbocycles. The Morgan fingerprint density at radius 3 is 2.42 bits per heavy atom. The minimum atomic E-state index is 0.491. The van der Waals surface area contributed by atoms with Gasteiger partial charge >= 0.3 is 0 Å². The summed E-state index contributed by atoms with van der Waals surface area (Å²) in [5.41, 5.74) is 6.03. The van der Waals surface area contributed by atoms with Crippen molar-refractivity contribution in [2.75, 3.05) is 5.32 Å². The molecule has 1 aromatic heterocycles. The summed E-state index contributed by atoms with van der Waals surface area (Å²) in [4.78, 5) is 4.11. The second-order valence-corrected chi connectivity index (χ2v) is 6.00. The average Bonchev–Trinajstić information content (AvgIpc) is 2.32. The number of aromatic nitrogens is 1. The fourth-order valence-corrected chi connectivity index (χ4v) is 2.72. The molecular formula is C15H16BrClN2. The SMILES string of the molecule is Cc1cc(C)c(CNc2cc(Br)cnc2Cl)c(C)c1. The zero-order valence-corrected chi connectivity index (χ0v) is 13.6. The normalized spacial score (nSPS) is 10.6. The first kappa shape index (κ1) is 14.4. The van der Waals surface area contributed by atoms with Crippen LogP contribution in [-0.4, -0.2) is 4.98 Å². The molecule has 0 saturated heterocycles. The van der Waals surface area contributed by atoms with Crippen molar-refractivity contribution < 1.29 is 0 Å². The molecule has 0 fully saturated rings. The molecule has 0 aliphatic rings. The lowest BCUT2D eigenvalue weighted by Gasteiger charge is -2.14. The van der Waals surface area contributed by atoms with E-state index in [0.29, 0.717) is 5.15 Å². The molecule has 1 aromatic carbocycles. The molecule has 1 heterocycles. The highest BCUT2D eigenvalue weighted by molar-refractivity contribution is 9.10. The molecule has 2 aromatic rings. The van der Waals surface area contributed by atoms with Gasteiger partial charge in [0.15, 0.2) is 5.15 Å². The minimum absolute atomic E-state index is 0.491. The van der Waals surface area contributed by atoms with Gasteiger partial charge in [-0.05, 0) is 59.5 Å². The third-order valence-electron chi connectivity index (χ3n) is 3.10. The molecule has 0 unspecified atom stereocenters. The third kappa shape index (κ3) is 3.48. The summed E-state index contributed by atoms with van der Waals surface area (Å²) in [5.74, 6) is 0. The van der Waals surface area contributed by atoms with Gasteiger partial charge in [0, 0.05) is 17.2 Å². The van der Waals surface area contributed by atoms with Crippen molar-refractivity contribution in [3.8, 4) is 0 Å². The van der Waals surface area contributed by atoms with Crippen LogP contribution < -0.4 is 5.32 Å². The summed E-state index contributed by atoms with van der Waals surface area (Å²) >= 11 is 9.47. The molecule has 0 aliphatic heterocycles. The standard InChI is InChI=1S/C15H16BrClN2/c1-9-4-10(2)13(11(3)5-9)8-18-14-6-12(16)7-19-15(14)17/h4-7,18H,8H2,1-3H3. The van der Waals surface area contributed by atoms with Gasteiger partial charge in [-0.15, -0.1) is 0 Å². The fourth-order valence-electron chi connectivity index (χ4n) is 2.22. The number of halogens is 2. The average molecular weight is 340 g/mol. The molecule has 0 amide bonds. The van der Waals surface area contributed by atoms with Crippen LogP contribution in [0.15, 0.2) is 28.9 Å². The summed E-state index contributed by atoms with van der Waals surface area (Å²) in [5, 5.41) is 3.84. The van der Waals surface area contributed by atoms with Crippen LogP contribution in [-0.2, 0) is 6.54 Å². The van der Waals surface area contributed by atoms with E-state index in [1.54, 1.807) is 6.20 Å². The van der Waals surface area contributed by atoms with E-state index in [0.717, 1.165) is 16.7 Å². The number of nitrogens with one attached hydrogen (secondary N) is 1. The Morgan fingerprint density at radius 2 is 1.79 bits per heavy atom. The number of rotatable bonds is 3. The Balaban J connectivity index is 2.21. The van der Waals surface area contributed by atoms with Crippen molar-refractivity contribution in [1.29, 1.82) is 0 Å². The van der Waals surface area contributed by atoms with Crippen molar-refractivity contribution in [1.82, 2.24) is 4.98 Å². The smallest absolute Gasteiger partial charge is 0.152 e.